The minimum absolute atomic E-state index is 0.101. The lowest BCUT2D eigenvalue weighted by atomic mass is 10.2. The number of hydrogen-bond donors (Lipinski definition) is 3. The van der Waals surface area contributed by atoms with E-state index in [1.165, 1.54) is 13.0 Å². The van der Waals surface area contributed by atoms with Gasteiger partial charge in [0.15, 0.2) is 0 Å². The van der Waals surface area contributed by atoms with Crippen molar-refractivity contribution in [1.29, 1.82) is 0 Å². The second kappa shape index (κ2) is 5.00. The van der Waals surface area contributed by atoms with Gasteiger partial charge in [0, 0.05) is 17.1 Å². The number of carboxylic acid groups (broad SMARTS) is 1. The average molecular weight is 230 g/mol. The molecule has 0 aromatic heterocycles. The Balaban J connectivity index is 2.65. The molecule has 1 aromatic rings. The summed E-state index contributed by atoms with van der Waals surface area (Å²) in [5, 5.41) is 21.3. The van der Waals surface area contributed by atoms with Crippen molar-refractivity contribution < 1.29 is 15.0 Å². The molecule has 0 aliphatic heterocycles. The Morgan fingerprint density at radius 1 is 1.60 bits per heavy atom. The van der Waals surface area contributed by atoms with Crippen molar-refractivity contribution >= 4 is 17.6 Å². The molecule has 1 unspecified atom stereocenters. The van der Waals surface area contributed by atoms with E-state index in [-0.39, 0.29) is 12.3 Å². The summed E-state index contributed by atoms with van der Waals surface area (Å²) in [7, 11) is 0. The second-order valence-electron chi connectivity index (χ2n) is 3.21. The molecule has 3 N–H and O–H groups in total. The summed E-state index contributed by atoms with van der Waals surface area (Å²) < 4.78 is 0. The van der Waals surface area contributed by atoms with E-state index in [4.69, 9.17) is 16.7 Å². The van der Waals surface area contributed by atoms with Crippen LogP contribution in [0.25, 0.3) is 0 Å². The van der Waals surface area contributed by atoms with Gasteiger partial charge in [-0.05, 0) is 25.1 Å². The van der Waals surface area contributed by atoms with Gasteiger partial charge in [0.05, 0.1) is 0 Å². The maximum absolute atomic E-state index is 10.5. The fourth-order valence-corrected chi connectivity index (χ4v) is 1.24. The number of carboxylic acids is 1. The third kappa shape index (κ3) is 3.42. The van der Waals surface area contributed by atoms with Gasteiger partial charge in [0.1, 0.15) is 11.8 Å². The van der Waals surface area contributed by atoms with Gasteiger partial charge in [-0.25, -0.2) is 0 Å². The van der Waals surface area contributed by atoms with Gasteiger partial charge in [0.2, 0.25) is 0 Å². The highest BCUT2D eigenvalue weighted by molar-refractivity contribution is 6.30. The van der Waals surface area contributed by atoms with Gasteiger partial charge in [-0.15, -0.1) is 0 Å². The number of carbonyl (C=O) groups is 1. The van der Waals surface area contributed by atoms with E-state index in [1.807, 2.05) is 0 Å². The Morgan fingerprint density at radius 2 is 2.27 bits per heavy atom. The molecule has 5 heteroatoms. The van der Waals surface area contributed by atoms with Gasteiger partial charge in [0.25, 0.3) is 0 Å². The summed E-state index contributed by atoms with van der Waals surface area (Å²) >= 11 is 5.74. The first-order chi connectivity index (χ1) is 7.00. The van der Waals surface area contributed by atoms with E-state index < -0.39 is 12.0 Å². The Morgan fingerprint density at radius 3 is 2.87 bits per heavy atom. The van der Waals surface area contributed by atoms with Crippen LogP contribution in [0.3, 0.4) is 0 Å². The maximum Gasteiger partial charge on any atom is 0.320 e. The smallest absolute Gasteiger partial charge is 0.320 e. The van der Waals surface area contributed by atoms with Crippen LogP contribution in [0, 0.1) is 0 Å². The molecule has 0 bridgehead atoms. The molecule has 4 nitrogen and oxygen atoms in total. The highest BCUT2D eigenvalue weighted by atomic mass is 35.5. The van der Waals surface area contributed by atoms with Gasteiger partial charge in [-0.2, -0.15) is 0 Å². The second-order valence-corrected chi connectivity index (χ2v) is 3.65. The number of benzene rings is 1. The molecule has 15 heavy (non-hydrogen) atoms. The van der Waals surface area contributed by atoms with E-state index in [0.29, 0.717) is 10.6 Å². The van der Waals surface area contributed by atoms with Gasteiger partial charge in [-0.1, -0.05) is 11.6 Å². The van der Waals surface area contributed by atoms with Crippen LogP contribution in [0.15, 0.2) is 18.2 Å². The number of phenolic OH excluding ortho intramolecular Hbond substituents is 1. The lowest BCUT2D eigenvalue weighted by Crippen LogP contribution is -2.33. The largest absolute Gasteiger partial charge is 0.508 e. The zero-order chi connectivity index (χ0) is 11.4. The SMILES string of the molecule is CC(NCc1cc(Cl)ccc1O)C(=O)O. The number of halogens is 1. The Kier molecular flexibility index (Phi) is 3.94. The molecule has 0 heterocycles. The first-order valence-corrected chi connectivity index (χ1v) is 4.82. The molecule has 1 atom stereocenters. The zero-order valence-corrected chi connectivity index (χ0v) is 8.95. The van der Waals surface area contributed by atoms with Crippen molar-refractivity contribution in [3.8, 4) is 5.75 Å². The van der Waals surface area contributed by atoms with Crippen LogP contribution >= 0.6 is 11.6 Å². The predicted octanol–water partition coefficient (Wildman–Crippen LogP) is 1.61. The summed E-state index contributed by atoms with van der Waals surface area (Å²) in [5.41, 5.74) is 0.579. The molecule has 0 saturated carbocycles. The van der Waals surface area contributed by atoms with Gasteiger partial charge in [-0.3, -0.25) is 4.79 Å². The minimum Gasteiger partial charge on any atom is -0.508 e. The number of aliphatic carboxylic acids is 1. The fraction of sp³-hybridized carbons (Fsp3) is 0.300. The summed E-state index contributed by atoms with van der Waals surface area (Å²) in [6.07, 6.45) is 0. The zero-order valence-electron chi connectivity index (χ0n) is 8.20. The molecule has 82 valence electrons. The van der Waals surface area contributed by atoms with Crippen molar-refractivity contribution in [1.82, 2.24) is 5.32 Å². The van der Waals surface area contributed by atoms with Crippen molar-refractivity contribution in [2.75, 3.05) is 0 Å². The summed E-state index contributed by atoms with van der Waals surface area (Å²) in [4.78, 5) is 10.5. The average Bonchev–Trinajstić information content (AvgIpc) is 2.18. The lowest BCUT2D eigenvalue weighted by Gasteiger charge is -2.10. The molecule has 0 saturated heterocycles. The van der Waals surface area contributed by atoms with Crippen LogP contribution in [-0.2, 0) is 11.3 Å². The van der Waals surface area contributed by atoms with Crippen molar-refractivity contribution in [2.45, 2.75) is 19.5 Å². The normalized spacial score (nSPS) is 12.4. The lowest BCUT2D eigenvalue weighted by molar-refractivity contribution is -0.139. The molecule has 0 fully saturated rings. The fourth-order valence-electron chi connectivity index (χ4n) is 1.05. The van der Waals surface area contributed by atoms with Crippen LogP contribution in [0.1, 0.15) is 12.5 Å². The highest BCUT2D eigenvalue weighted by Gasteiger charge is 2.10. The first kappa shape index (κ1) is 11.8. The van der Waals surface area contributed by atoms with Crippen molar-refractivity contribution in [3.63, 3.8) is 0 Å². The van der Waals surface area contributed by atoms with Crippen LogP contribution in [-0.4, -0.2) is 22.2 Å². The summed E-state index contributed by atoms with van der Waals surface area (Å²) in [6.45, 7) is 1.80. The van der Waals surface area contributed by atoms with E-state index in [1.54, 1.807) is 12.1 Å². The third-order valence-corrected chi connectivity index (χ3v) is 2.25. The molecule has 0 radical (unpaired) electrons. The Labute approximate surface area is 92.5 Å². The molecule has 0 spiro atoms. The third-order valence-electron chi connectivity index (χ3n) is 2.01. The summed E-state index contributed by atoms with van der Waals surface area (Å²) in [6, 6.07) is 3.98. The number of rotatable bonds is 4. The minimum atomic E-state index is -0.934. The Bertz CT molecular complexity index is 368. The number of phenols is 1. The number of hydrogen-bond acceptors (Lipinski definition) is 3. The number of nitrogens with one attached hydrogen (secondary N) is 1. The molecule has 1 aromatic carbocycles. The first-order valence-electron chi connectivity index (χ1n) is 4.44. The van der Waals surface area contributed by atoms with E-state index in [2.05, 4.69) is 5.32 Å². The van der Waals surface area contributed by atoms with Crippen LogP contribution in [0.5, 0.6) is 5.75 Å². The molecular formula is C10H12ClNO3. The van der Waals surface area contributed by atoms with Gasteiger partial charge >= 0.3 is 5.97 Å². The van der Waals surface area contributed by atoms with E-state index >= 15 is 0 Å². The van der Waals surface area contributed by atoms with Crippen molar-refractivity contribution in [3.05, 3.63) is 28.8 Å². The van der Waals surface area contributed by atoms with Crippen molar-refractivity contribution in [2.24, 2.45) is 0 Å². The standard InChI is InChI=1S/C10H12ClNO3/c1-6(10(14)15)12-5-7-4-8(11)2-3-9(7)13/h2-4,6,12-13H,5H2,1H3,(H,14,15). The van der Waals surface area contributed by atoms with E-state index in [9.17, 15) is 9.90 Å². The predicted molar refractivity (Wildman–Crippen MR) is 57.1 cm³/mol. The van der Waals surface area contributed by atoms with Crippen LogP contribution in [0.2, 0.25) is 5.02 Å². The Hall–Kier alpha value is -1.26. The van der Waals surface area contributed by atoms with Crippen LogP contribution < -0.4 is 5.32 Å². The van der Waals surface area contributed by atoms with Crippen LogP contribution in [0.4, 0.5) is 0 Å². The maximum atomic E-state index is 10.5. The monoisotopic (exact) mass is 229 g/mol. The molecule has 0 aliphatic carbocycles. The molecule has 1 rings (SSSR count). The molecular weight excluding hydrogens is 218 g/mol. The quantitative estimate of drug-likeness (QED) is 0.734. The molecule has 0 amide bonds. The van der Waals surface area contributed by atoms with Gasteiger partial charge < -0.3 is 15.5 Å². The van der Waals surface area contributed by atoms with E-state index in [0.717, 1.165) is 0 Å². The highest BCUT2D eigenvalue weighted by Crippen LogP contribution is 2.21. The summed E-state index contributed by atoms with van der Waals surface area (Å²) in [5.74, 6) is -0.832. The molecule has 0 aliphatic rings. The number of aromatic hydroxyl groups is 1. The topological polar surface area (TPSA) is 69.6 Å².